The second-order valence-electron chi connectivity index (χ2n) is 4.96. The molecule has 0 aliphatic carbocycles. The molecule has 0 heterocycles. The molecule has 1 aromatic rings. The first-order chi connectivity index (χ1) is 9.32. The summed E-state index contributed by atoms with van der Waals surface area (Å²) in [6.07, 6.45) is 0. The summed E-state index contributed by atoms with van der Waals surface area (Å²) in [5.41, 5.74) is 0.809. The Hall–Kier alpha value is -1.75. The fourth-order valence-corrected chi connectivity index (χ4v) is 1.91. The molecule has 1 atom stereocenters. The minimum absolute atomic E-state index is 0.190. The topological polar surface area (TPSA) is 69.6 Å². The molecule has 0 bridgehead atoms. The van der Waals surface area contributed by atoms with Crippen LogP contribution in [-0.2, 0) is 11.3 Å². The molecule has 0 saturated heterocycles. The van der Waals surface area contributed by atoms with Gasteiger partial charge in [0.25, 0.3) is 0 Å². The van der Waals surface area contributed by atoms with Crippen molar-refractivity contribution in [3.63, 3.8) is 0 Å². The van der Waals surface area contributed by atoms with Gasteiger partial charge in [0.1, 0.15) is 6.04 Å². The smallest absolute Gasteiger partial charge is 0.326 e. The molecular weight excluding hydrogens is 280 g/mol. The number of amides is 2. The van der Waals surface area contributed by atoms with Crippen LogP contribution in [0.5, 0.6) is 0 Å². The molecule has 2 amide bonds. The Kier molecular flexibility index (Phi) is 5.82. The first-order valence-electron chi connectivity index (χ1n) is 6.30. The summed E-state index contributed by atoms with van der Waals surface area (Å²) in [4.78, 5) is 24.4. The van der Waals surface area contributed by atoms with Gasteiger partial charge in [0.2, 0.25) is 0 Å². The Morgan fingerprint density at radius 1 is 1.35 bits per heavy atom. The predicted molar refractivity (Wildman–Crippen MR) is 77.7 cm³/mol. The van der Waals surface area contributed by atoms with Gasteiger partial charge < -0.3 is 15.3 Å². The second kappa shape index (κ2) is 7.14. The van der Waals surface area contributed by atoms with E-state index in [4.69, 9.17) is 16.7 Å². The van der Waals surface area contributed by atoms with Gasteiger partial charge in [-0.1, -0.05) is 43.6 Å². The molecule has 2 N–H and O–H groups in total. The number of aliphatic carboxylic acids is 1. The van der Waals surface area contributed by atoms with Crippen molar-refractivity contribution >= 4 is 23.6 Å². The summed E-state index contributed by atoms with van der Waals surface area (Å²) < 4.78 is 0. The average Bonchev–Trinajstić information content (AvgIpc) is 2.37. The molecule has 5 nitrogen and oxygen atoms in total. The van der Waals surface area contributed by atoms with Gasteiger partial charge in [0.15, 0.2) is 0 Å². The van der Waals surface area contributed by atoms with E-state index in [1.165, 1.54) is 4.90 Å². The molecule has 1 unspecified atom stereocenters. The summed E-state index contributed by atoms with van der Waals surface area (Å²) in [6.45, 7) is 3.80. The van der Waals surface area contributed by atoms with Gasteiger partial charge in [-0.2, -0.15) is 0 Å². The van der Waals surface area contributed by atoms with Crippen LogP contribution in [-0.4, -0.2) is 35.1 Å². The molecule has 0 aromatic heterocycles. The molecule has 0 aliphatic rings. The zero-order chi connectivity index (χ0) is 15.3. The fraction of sp³-hybridized carbons (Fsp3) is 0.429. The van der Waals surface area contributed by atoms with Crippen molar-refractivity contribution in [3.05, 3.63) is 34.9 Å². The number of halogens is 1. The fourth-order valence-electron chi connectivity index (χ4n) is 1.71. The monoisotopic (exact) mass is 298 g/mol. The van der Waals surface area contributed by atoms with E-state index in [9.17, 15) is 9.59 Å². The van der Waals surface area contributed by atoms with Gasteiger partial charge in [-0.25, -0.2) is 9.59 Å². The lowest BCUT2D eigenvalue weighted by molar-refractivity contribution is -0.140. The van der Waals surface area contributed by atoms with Gasteiger partial charge in [0, 0.05) is 18.6 Å². The van der Waals surface area contributed by atoms with Crippen LogP contribution in [0.4, 0.5) is 4.79 Å². The molecule has 0 aliphatic heterocycles. The van der Waals surface area contributed by atoms with Crippen molar-refractivity contribution in [2.45, 2.75) is 26.4 Å². The Balaban J connectivity index is 2.68. The third-order valence-corrected chi connectivity index (χ3v) is 3.29. The molecule has 110 valence electrons. The zero-order valence-electron chi connectivity index (χ0n) is 11.8. The molecule has 20 heavy (non-hydrogen) atoms. The number of carboxylic acid groups (broad SMARTS) is 1. The number of nitrogens with zero attached hydrogens (tertiary/aromatic N) is 1. The minimum Gasteiger partial charge on any atom is -0.480 e. The van der Waals surface area contributed by atoms with Crippen molar-refractivity contribution in [2.75, 3.05) is 7.05 Å². The van der Waals surface area contributed by atoms with Crippen molar-refractivity contribution < 1.29 is 14.7 Å². The van der Waals surface area contributed by atoms with Crippen LogP contribution in [0.15, 0.2) is 24.3 Å². The summed E-state index contributed by atoms with van der Waals surface area (Å²) in [7, 11) is 1.60. The first kappa shape index (κ1) is 16.3. The highest BCUT2D eigenvalue weighted by molar-refractivity contribution is 6.31. The van der Waals surface area contributed by atoms with E-state index in [1.807, 2.05) is 18.2 Å². The van der Waals surface area contributed by atoms with Crippen molar-refractivity contribution in [3.8, 4) is 0 Å². The van der Waals surface area contributed by atoms with E-state index >= 15 is 0 Å². The molecule has 1 rings (SSSR count). The standard InChI is InChI=1S/C14H19ClN2O3/c1-9(2)12(13(18)19)16-14(20)17(3)8-10-6-4-5-7-11(10)15/h4-7,9,12H,8H2,1-3H3,(H,16,20)(H,18,19). The molecular formula is C14H19ClN2O3. The molecule has 6 heteroatoms. The van der Waals surface area contributed by atoms with E-state index in [1.54, 1.807) is 27.0 Å². The van der Waals surface area contributed by atoms with E-state index in [2.05, 4.69) is 5.32 Å². The minimum atomic E-state index is -1.04. The maximum atomic E-state index is 12.0. The summed E-state index contributed by atoms with van der Waals surface area (Å²) >= 11 is 6.03. The maximum absolute atomic E-state index is 12.0. The molecule has 0 saturated carbocycles. The third-order valence-electron chi connectivity index (χ3n) is 2.92. The highest BCUT2D eigenvalue weighted by Crippen LogP contribution is 2.16. The molecule has 0 spiro atoms. The summed E-state index contributed by atoms with van der Waals surface area (Å²) in [5.74, 6) is -1.23. The van der Waals surface area contributed by atoms with Crippen molar-refractivity contribution in [1.82, 2.24) is 10.2 Å². The first-order valence-corrected chi connectivity index (χ1v) is 6.68. The molecule has 0 fully saturated rings. The number of carbonyl (C=O) groups is 2. The molecule has 1 aromatic carbocycles. The number of carbonyl (C=O) groups excluding carboxylic acids is 1. The average molecular weight is 299 g/mol. The number of rotatable bonds is 5. The Morgan fingerprint density at radius 3 is 2.45 bits per heavy atom. The van der Waals surface area contributed by atoms with Crippen molar-refractivity contribution in [1.29, 1.82) is 0 Å². The zero-order valence-corrected chi connectivity index (χ0v) is 12.5. The van der Waals surface area contributed by atoms with Crippen LogP contribution in [0.3, 0.4) is 0 Å². The lowest BCUT2D eigenvalue weighted by atomic mass is 10.1. The number of nitrogens with one attached hydrogen (secondary N) is 1. The van der Waals surface area contributed by atoms with Crippen LogP contribution in [0.1, 0.15) is 19.4 Å². The number of urea groups is 1. The van der Waals surface area contributed by atoms with Gasteiger partial charge in [-0.05, 0) is 17.5 Å². The third kappa shape index (κ3) is 4.42. The lowest BCUT2D eigenvalue weighted by Crippen LogP contribution is -2.48. The van der Waals surface area contributed by atoms with Gasteiger partial charge in [-0.15, -0.1) is 0 Å². The van der Waals surface area contributed by atoms with Crippen LogP contribution in [0.2, 0.25) is 5.02 Å². The molecule has 0 radical (unpaired) electrons. The normalized spacial score (nSPS) is 12.1. The van der Waals surface area contributed by atoms with Crippen LogP contribution in [0, 0.1) is 5.92 Å². The van der Waals surface area contributed by atoms with Gasteiger partial charge >= 0.3 is 12.0 Å². The quantitative estimate of drug-likeness (QED) is 0.878. The Labute approximate surface area is 123 Å². The number of carboxylic acids is 1. The van der Waals surface area contributed by atoms with E-state index in [0.29, 0.717) is 11.6 Å². The number of hydrogen-bond acceptors (Lipinski definition) is 2. The van der Waals surface area contributed by atoms with Crippen molar-refractivity contribution in [2.24, 2.45) is 5.92 Å². The van der Waals surface area contributed by atoms with E-state index in [-0.39, 0.29) is 5.92 Å². The highest BCUT2D eigenvalue weighted by atomic mass is 35.5. The summed E-state index contributed by atoms with van der Waals surface area (Å²) in [5, 5.41) is 12.1. The number of hydrogen-bond donors (Lipinski definition) is 2. The van der Waals surface area contributed by atoms with Gasteiger partial charge in [0.05, 0.1) is 0 Å². The predicted octanol–water partition coefficient (Wildman–Crippen LogP) is 2.59. The number of benzene rings is 1. The van der Waals surface area contributed by atoms with Crippen LogP contribution >= 0.6 is 11.6 Å². The second-order valence-corrected chi connectivity index (χ2v) is 5.36. The van der Waals surface area contributed by atoms with E-state index < -0.39 is 18.0 Å². The SMILES string of the molecule is CC(C)C(NC(=O)N(C)Cc1ccccc1Cl)C(=O)O. The van der Waals surface area contributed by atoms with Crippen LogP contribution < -0.4 is 5.32 Å². The lowest BCUT2D eigenvalue weighted by Gasteiger charge is -2.23. The van der Waals surface area contributed by atoms with Gasteiger partial charge in [-0.3, -0.25) is 0 Å². The maximum Gasteiger partial charge on any atom is 0.326 e. The Bertz CT molecular complexity index is 491. The summed E-state index contributed by atoms with van der Waals surface area (Å²) in [6, 6.07) is 5.87. The van der Waals surface area contributed by atoms with Crippen LogP contribution in [0.25, 0.3) is 0 Å². The largest absolute Gasteiger partial charge is 0.480 e. The van der Waals surface area contributed by atoms with E-state index in [0.717, 1.165) is 5.56 Å². The highest BCUT2D eigenvalue weighted by Gasteiger charge is 2.24. The Morgan fingerprint density at radius 2 is 1.95 bits per heavy atom.